The highest BCUT2D eigenvalue weighted by molar-refractivity contribution is 5.23. The Labute approximate surface area is 103 Å². The summed E-state index contributed by atoms with van der Waals surface area (Å²) in [6.07, 6.45) is 5.30. The molecular weight excluding hydrogens is 213 g/mol. The molecule has 1 nitrogen and oxygen atoms in total. The Morgan fingerprint density at radius 3 is 2.71 bits per heavy atom. The molecule has 1 aromatic rings. The van der Waals surface area contributed by atoms with Gasteiger partial charge in [-0.25, -0.2) is 4.39 Å². The average Bonchev–Trinajstić information content (AvgIpc) is 3.04. The number of aryl methyl sites for hydroxylation is 1. The van der Waals surface area contributed by atoms with Gasteiger partial charge in [-0.05, 0) is 48.8 Å². The van der Waals surface area contributed by atoms with Crippen molar-refractivity contribution in [2.24, 2.45) is 5.41 Å². The number of nitrogens with one attached hydrogen (secondary N) is 1. The molecule has 17 heavy (non-hydrogen) atoms. The maximum Gasteiger partial charge on any atom is 0.126 e. The van der Waals surface area contributed by atoms with E-state index >= 15 is 0 Å². The standard InChI is InChI=1S/C15H22FN/c1-3-6-15(7-8-15)11-17-10-13-5-4-12(2)14(16)9-13/h4-5,9,17H,3,6-8,10-11H2,1-2H3. The molecule has 0 bridgehead atoms. The van der Waals surface area contributed by atoms with Crippen LogP contribution in [-0.4, -0.2) is 6.54 Å². The smallest absolute Gasteiger partial charge is 0.126 e. The largest absolute Gasteiger partial charge is 0.312 e. The summed E-state index contributed by atoms with van der Waals surface area (Å²) in [5.74, 6) is -0.0982. The molecule has 1 N–H and O–H groups in total. The lowest BCUT2D eigenvalue weighted by molar-refractivity contribution is 0.420. The normalized spacial score (nSPS) is 17.1. The lowest BCUT2D eigenvalue weighted by atomic mass is 10.0. The van der Waals surface area contributed by atoms with Crippen LogP contribution in [0.3, 0.4) is 0 Å². The topological polar surface area (TPSA) is 12.0 Å². The van der Waals surface area contributed by atoms with Crippen LogP contribution in [-0.2, 0) is 6.54 Å². The molecule has 0 amide bonds. The van der Waals surface area contributed by atoms with E-state index in [4.69, 9.17) is 0 Å². The molecule has 0 atom stereocenters. The molecule has 1 aromatic carbocycles. The Morgan fingerprint density at radius 1 is 1.35 bits per heavy atom. The van der Waals surface area contributed by atoms with Crippen molar-refractivity contribution in [3.8, 4) is 0 Å². The van der Waals surface area contributed by atoms with Crippen LogP contribution in [0.15, 0.2) is 18.2 Å². The van der Waals surface area contributed by atoms with Crippen molar-refractivity contribution in [1.29, 1.82) is 0 Å². The first-order chi connectivity index (χ1) is 8.15. The van der Waals surface area contributed by atoms with Gasteiger partial charge in [0.2, 0.25) is 0 Å². The van der Waals surface area contributed by atoms with Crippen molar-refractivity contribution < 1.29 is 4.39 Å². The predicted molar refractivity (Wildman–Crippen MR) is 69.4 cm³/mol. The van der Waals surface area contributed by atoms with Crippen molar-refractivity contribution in [2.75, 3.05) is 6.54 Å². The molecule has 1 saturated carbocycles. The summed E-state index contributed by atoms with van der Waals surface area (Å²) >= 11 is 0. The minimum absolute atomic E-state index is 0.0982. The average molecular weight is 235 g/mol. The first kappa shape index (κ1) is 12.6. The molecule has 0 spiro atoms. The fourth-order valence-corrected chi connectivity index (χ4v) is 2.44. The Morgan fingerprint density at radius 2 is 2.12 bits per heavy atom. The van der Waals surface area contributed by atoms with E-state index in [9.17, 15) is 4.39 Å². The second-order valence-electron chi connectivity index (χ2n) is 5.44. The Kier molecular flexibility index (Phi) is 3.82. The molecule has 2 heteroatoms. The van der Waals surface area contributed by atoms with Crippen molar-refractivity contribution in [2.45, 2.75) is 46.1 Å². The molecule has 0 aliphatic heterocycles. The molecule has 0 radical (unpaired) electrons. The molecule has 0 heterocycles. The maximum absolute atomic E-state index is 13.3. The first-order valence-corrected chi connectivity index (χ1v) is 6.61. The van der Waals surface area contributed by atoms with E-state index < -0.39 is 0 Å². The third kappa shape index (κ3) is 3.29. The highest BCUT2D eigenvalue weighted by Crippen LogP contribution is 2.48. The van der Waals surface area contributed by atoms with Gasteiger partial charge in [0, 0.05) is 13.1 Å². The van der Waals surface area contributed by atoms with Crippen molar-refractivity contribution in [3.63, 3.8) is 0 Å². The van der Waals surface area contributed by atoms with E-state index in [0.717, 1.165) is 24.2 Å². The fourth-order valence-electron chi connectivity index (χ4n) is 2.44. The van der Waals surface area contributed by atoms with Gasteiger partial charge in [0.25, 0.3) is 0 Å². The number of hydrogen-bond acceptors (Lipinski definition) is 1. The van der Waals surface area contributed by atoms with Crippen molar-refractivity contribution in [1.82, 2.24) is 5.32 Å². The molecule has 1 aliphatic rings. The van der Waals surface area contributed by atoms with Crippen molar-refractivity contribution >= 4 is 0 Å². The number of halogens is 1. The zero-order valence-corrected chi connectivity index (χ0v) is 10.9. The van der Waals surface area contributed by atoms with Crippen LogP contribution in [0.2, 0.25) is 0 Å². The zero-order chi connectivity index (χ0) is 12.3. The van der Waals surface area contributed by atoms with Crippen LogP contribution in [0.25, 0.3) is 0 Å². The van der Waals surface area contributed by atoms with E-state index in [2.05, 4.69) is 12.2 Å². The molecule has 1 fully saturated rings. The molecule has 1 aliphatic carbocycles. The van der Waals surface area contributed by atoms with Gasteiger partial charge in [-0.1, -0.05) is 25.5 Å². The summed E-state index contributed by atoms with van der Waals surface area (Å²) in [6, 6.07) is 5.50. The lowest BCUT2D eigenvalue weighted by Gasteiger charge is -2.15. The monoisotopic (exact) mass is 235 g/mol. The summed E-state index contributed by atoms with van der Waals surface area (Å²) in [4.78, 5) is 0. The number of benzene rings is 1. The molecule has 2 rings (SSSR count). The Hall–Kier alpha value is -0.890. The highest BCUT2D eigenvalue weighted by atomic mass is 19.1. The summed E-state index contributed by atoms with van der Waals surface area (Å²) in [5.41, 5.74) is 2.33. The van der Waals surface area contributed by atoms with Crippen LogP contribution in [0.1, 0.15) is 43.7 Å². The lowest BCUT2D eigenvalue weighted by Crippen LogP contribution is -2.23. The van der Waals surface area contributed by atoms with Gasteiger partial charge in [-0.2, -0.15) is 0 Å². The summed E-state index contributed by atoms with van der Waals surface area (Å²) in [6.45, 7) is 5.90. The fraction of sp³-hybridized carbons (Fsp3) is 0.600. The Balaban J connectivity index is 1.80. The van der Waals surface area contributed by atoms with E-state index in [1.54, 1.807) is 13.0 Å². The number of rotatable bonds is 6. The second kappa shape index (κ2) is 5.18. The molecule has 0 saturated heterocycles. The van der Waals surface area contributed by atoms with Gasteiger partial charge >= 0.3 is 0 Å². The summed E-state index contributed by atoms with van der Waals surface area (Å²) in [5, 5.41) is 3.47. The first-order valence-electron chi connectivity index (χ1n) is 6.61. The van der Waals surface area contributed by atoms with Crippen LogP contribution >= 0.6 is 0 Å². The Bertz CT molecular complexity index is 383. The predicted octanol–water partition coefficient (Wildman–Crippen LogP) is 3.80. The maximum atomic E-state index is 13.3. The van der Waals surface area contributed by atoms with Gasteiger partial charge < -0.3 is 5.32 Å². The number of hydrogen-bond donors (Lipinski definition) is 1. The van der Waals surface area contributed by atoms with Gasteiger partial charge in [0.05, 0.1) is 0 Å². The molecular formula is C15H22FN. The molecule has 0 aromatic heterocycles. The van der Waals surface area contributed by atoms with Gasteiger partial charge in [-0.3, -0.25) is 0 Å². The highest BCUT2D eigenvalue weighted by Gasteiger charge is 2.40. The van der Waals surface area contributed by atoms with Crippen LogP contribution < -0.4 is 5.32 Å². The summed E-state index contributed by atoms with van der Waals surface area (Å²) in [7, 11) is 0. The van der Waals surface area contributed by atoms with Crippen molar-refractivity contribution in [3.05, 3.63) is 35.1 Å². The van der Waals surface area contributed by atoms with Crippen LogP contribution in [0.5, 0.6) is 0 Å². The molecule has 0 unspecified atom stereocenters. The van der Waals surface area contributed by atoms with Crippen LogP contribution in [0.4, 0.5) is 4.39 Å². The van der Waals surface area contributed by atoms with E-state index in [0.29, 0.717) is 5.41 Å². The second-order valence-corrected chi connectivity index (χ2v) is 5.44. The van der Waals surface area contributed by atoms with E-state index in [1.807, 2.05) is 12.1 Å². The minimum atomic E-state index is -0.0982. The third-order valence-corrected chi connectivity index (χ3v) is 3.80. The molecule has 94 valence electrons. The van der Waals surface area contributed by atoms with E-state index in [1.165, 1.54) is 25.7 Å². The zero-order valence-electron chi connectivity index (χ0n) is 10.9. The quantitative estimate of drug-likeness (QED) is 0.790. The van der Waals surface area contributed by atoms with Gasteiger partial charge in [0.1, 0.15) is 5.82 Å². The van der Waals surface area contributed by atoms with Gasteiger partial charge in [-0.15, -0.1) is 0 Å². The minimum Gasteiger partial charge on any atom is -0.312 e. The van der Waals surface area contributed by atoms with Gasteiger partial charge in [0.15, 0.2) is 0 Å². The van der Waals surface area contributed by atoms with E-state index in [-0.39, 0.29) is 5.82 Å². The SMILES string of the molecule is CCCC1(CNCc2ccc(C)c(F)c2)CC1. The third-order valence-electron chi connectivity index (χ3n) is 3.80. The summed E-state index contributed by atoms with van der Waals surface area (Å²) < 4.78 is 13.3. The van der Waals surface area contributed by atoms with Crippen LogP contribution in [0, 0.1) is 18.2 Å².